The number of fused-ring (bicyclic) bond motifs is 2. The minimum Gasteiger partial charge on any atom is -0.355 e. The van der Waals surface area contributed by atoms with Crippen molar-refractivity contribution in [3.05, 3.63) is 53.5 Å². The minimum absolute atomic E-state index is 0.124. The van der Waals surface area contributed by atoms with Crippen molar-refractivity contribution < 1.29 is 4.79 Å². The highest BCUT2D eigenvalue weighted by Crippen LogP contribution is 2.30. The van der Waals surface area contributed by atoms with Crippen molar-refractivity contribution in [3.63, 3.8) is 0 Å². The molecule has 6 rings (SSSR count). The number of nitrogens with zero attached hydrogens (tertiary/aromatic N) is 7. The van der Waals surface area contributed by atoms with Crippen molar-refractivity contribution in [3.8, 4) is 6.07 Å². The molecule has 2 unspecified atom stereocenters. The Morgan fingerprint density at radius 1 is 1.23 bits per heavy atom. The van der Waals surface area contributed by atoms with E-state index in [2.05, 4.69) is 52.3 Å². The molecule has 2 fully saturated rings. The number of hydrogen-bond acceptors (Lipinski definition) is 7. The van der Waals surface area contributed by atoms with Crippen LogP contribution in [-0.2, 0) is 0 Å². The number of rotatable bonds is 3. The maximum Gasteiger partial charge on any atom is 0.157 e. The summed E-state index contributed by atoms with van der Waals surface area (Å²) < 4.78 is 1.91. The lowest BCUT2D eigenvalue weighted by Gasteiger charge is -2.30. The van der Waals surface area contributed by atoms with Gasteiger partial charge in [0.15, 0.2) is 11.9 Å². The molecule has 9 heteroatoms. The second-order valence-corrected chi connectivity index (χ2v) is 9.47. The highest BCUT2D eigenvalue weighted by molar-refractivity contribution is 5.95. The molecule has 9 nitrogen and oxygen atoms in total. The second-order valence-electron chi connectivity index (χ2n) is 9.47. The molecule has 4 aromatic rings. The van der Waals surface area contributed by atoms with E-state index in [1.165, 1.54) is 19.3 Å². The number of hydrogen-bond donors (Lipinski definition) is 1. The number of nitrogens with one attached hydrogen (secondary N) is 1. The number of carbonyl (C=O) groups excluding carboxylic acids is 1. The third kappa shape index (κ3) is 4.62. The van der Waals surface area contributed by atoms with Crippen LogP contribution in [0.1, 0.15) is 53.3 Å². The molecule has 2 aliphatic rings. The van der Waals surface area contributed by atoms with Crippen LogP contribution < -0.4 is 4.90 Å². The number of aromatic nitrogens is 5. The highest BCUT2D eigenvalue weighted by atomic mass is 16.1. The summed E-state index contributed by atoms with van der Waals surface area (Å²) in [5.41, 5.74) is 4.61. The zero-order valence-electron chi connectivity index (χ0n) is 20.2. The monoisotopic (exact) mass is 470 g/mol. The summed E-state index contributed by atoms with van der Waals surface area (Å²) in [5, 5.41) is 21.5. The van der Waals surface area contributed by atoms with Gasteiger partial charge in [-0.1, -0.05) is 18.6 Å². The molecule has 1 aromatic carbocycles. The Morgan fingerprint density at radius 3 is 2.89 bits per heavy atom. The van der Waals surface area contributed by atoms with Crippen LogP contribution in [-0.4, -0.2) is 62.7 Å². The summed E-state index contributed by atoms with van der Waals surface area (Å²) >= 11 is 0. The van der Waals surface area contributed by atoms with Gasteiger partial charge in [0.1, 0.15) is 5.82 Å². The standard InChI is InChI=1S/C18H24N6.C8H6N2O/c1-13-11-24-17(20-18(13)23-8-6-14(10-19)12-23)9-15(21-24)16-5-3-4-7-22(16)2;11-5-7-3-1-2-6-4-9-10-8(6)7/h9,11,14,16H,3-8,12H2,1-2H3;1-5H,(H,9,10). The van der Waals surface area contributed by atoms with Gasteiger partial charge in [-0.05, 0) is 45.8 Å². The fourth-order valence-electron chi connectivity index (χ4n) is 5.10. The Bertz CT molecular complexity index is 1380. The van der Waals surface area contributed by atoms with Crippen LogP contribution in [0.15, 0.2) is 36.7 Å². The van der Waals surface area contributed by atoms with Crippen molar-refractivity contribution in [2.75, 3.05) is 31.6 Å². The van der Waals surface area contributed by atoms with Gasteiger partial charge in [-0.3, -0.25) is 14.8 Å². The van der Waals surface area contributed by atoms with Gasteiger partial charge in [0.05, 0.1) is 35.4 Å². The number of anilines is 1. The number of nitriles is 1. The van der Waals surface area contributed by atoms with E-state index in [9.17, 15) is 4.79 Å². The van der Waals surface area contributed by atoms with Crippen LogP contribution in [0.5, 0.6) is 0 Å². The molecule has 180 valence electrons. The molecular weight excluding hydrogens is 440 g/mol. The lowest BCUT2D eigenvalue weighted by molar-refractivity contribution is 0.112. The van der Waals surface area contributed by atoms with Crippen LogP contribution in [0.2, 0.25) is 0 Å². The zero-order valence-corrected chi connectivity index (χ0v) is 20.2. The summed E-state index contributed by atoms with van der Waals surface area (Å²) in [5.74, 6) is 1.13. The van der Waals surface area contributed by atoms with Crippen LogP contribution in [0.3, 0.4) is 0 Å². The van der Waals surface area contributed by atoms with Crippen molar-refractivity contribution >= 4 is 28.7 Å². The molecule has 0 amide bonds. The molecule has 2 atom stereocenters. The number of aryl methyl sites for hydroxylation is 1. The molecule has 0 bridgehead atoms. The SMILES string of the molecule is Cc1cn2nc(C3CCCCN3C)cc2nc1N1CCC(C#N)C1.O=Cc1cccc2cn[nH]c12. The summed E-state index contributed by atoms with van der Waals surface area (Å²) in [6, 6.07) is 10.4. The largest absolute Gasteiger partial charge is 0.355 e. The summed E-state index contributed by atoms with van der Waals surface area (Å²) in [6.45, 7) is 4.91. The molecule has 3 aromatic heterocycles. The van der Waals surface area contributed by atoms with Crippen LogP contribution in [0.4, 0.5) is 5.82 Å². The van der Waals surface area contributed by atoms with E-state index in [1.807, 2.05) is 16.6 Å². The summed E-state index contributed by atoms with van der Waals surface area (Å²) in [6.07, 6.45) is 9.23. The Hall–Kier alpha value is -3.77. The Morgan fingerprint density at radius 2 is 2.11 bits per heavy atom. The lowest BCUT2D eigenvalue weighted by atomic mass is 10.0. The van der Waals surface area contributed by atoms with Gasteiger partial charge in [-0.2, -0.15) is 15.5 Å². The number of H-pyrrole nitrogens is 1. The maximum atomic E-state index is 10.5. The van der Waals surface area contributed by atoms with Gasteiger partial charge in [0.25, 0.3) is 0 Å². The number of para-hydroxylation sites is 1. The van der Waals surface area contributed by atoms with E-state index in [1.54, 1.807) is 12.3 Å². The van der Waals surface area contributed by atoms with Crippen LogP contribution >= 0.6 is 0 Å². The highest BCUT2D eigenvalue weighted by Gasteiger charge is 2.26. The smallest absolute Gasteiger partial charge is 0.157 e. The van der Waals surface area contributed by atoms with Gasteiger partial charge >= 0.3 is 0 Å². The molecule has 2 saturated heterocycles. The van der Waals surface area contributed by atoms with Gasteiger partial charge in [0.2, 0.25) is 0 Å². The zero-order chi connectivity index (χ0) is 24.4. The molecule has 0 saturated carbocycles. The first-order valence-corrected chi connectivity index (χ1v) is 12.2. The number of aldehydes is 1. The predicted molar refractivity (Wildman–Crippen MR) is 134 cm³/mol. The number of piperidine rings is 1. The summed E-state index contributed by atoms with van der Waals surface area (Å²) in [4.78, 5) is 20.0. The number of carbonyl (C=O) groups is 1. The fourth-order valence-corrected chi connectivity index (χ4v) is 5.10. The molecule has 5 heterocycles. The van der Waals surface area contributed by atoms with Crippen LogP contribution in [0, 0.1) is 24.2 Å². The fraction of sp³-hybridized carbons (Fsp3) is 0.423. The van der Waals surface area contributed by atoms with E-state index < -0.39 is 0 Å². The lowest BCUT2D eigenvalue weighted by Crippen LogP contribution is -2.29. The predicted octanol–water partition coefficient (Wildman–Crippen LogP) is 3.92. The van der Waals surface area contributed by atoms with Gasteiger partial charge < -0.3 is 4.90 Å². The third-order valence-electron chi connectivity index (χ3n) is 7.04. The molecule has 0 spiro atoms. The Labute approximate surface area is 204 Å². The van der Waals surface area contributed by atoms with Crippen molar-refractivity contribution in [2.45, 2.75) is 38.6 Å². The number of likely N-dealkylation sites (tertiary alicyclic amines) is 1. The first kappa shape index (κ1) is 23.0. The maximum absolute atomic E-state index is 10.5. The first-order chi connectivity index (χ1) is 17.1. The average molecular weight is 471 g/mol. The van der Waals surface area contributed by atoms with E-state index in [0.717, 1.165) is 66.0 Å². The topological polar surface area (TPSA) is 106 Å². The first-order valence-electron chi connectivity index (χ1n) is 12.2. The normalized spacial score (nSPS) is 20.5. The number of aromatic amines is 1. The average Bonchev–Trinajstić information content (AvgIpc) is 3.63. The van der Waals surface area contributed by atoms with Gasteiger partial charge in [-0.15, -0.1) is 0 Å². The molecule has 2 aliphatic heterocycles. The van der Waals surface area contributed by atoms with E-state index in [4.69, 9.17) is 15.3 Å². The van der Waals surface area contributed by atoms with Crippen LogP contribution in [0.25, 0.3) is 16.6 Å². The van der Waals surface area contributed by atoms with E-state index in [0.29, 0.717) is 11.6 Å². The minimum atomic E-state index is 0.124. The Kier molecular flexibility index (Phi) is 6.47. The van der Waals surface area contributed by atoms with Crippen molar-refractivity contribution in [1.82, 2.24) is 29.7 Å². The third-order valence-corrected chi connectivity index (χ3v) is 7.04. The molecular formula is C26H30N8O. The van der Waals surface area contributed by atoms with Gasteiger partial charge in [0, 0.05) is 41.9 Å². The molecule has 0 aliphatic carbocycles. The quantitative estimate of drug-likeness (QED) is 0.452. The molecule has 1 N–H and O–H groups in total. The Balaban J connectivity index is 0.000000192. The molecule has 35 heavy (non-hydrogen) atoms. The molecule has 0 radical (unpaired) electrons. The van der Waals surface area contributed by atoms with E-state index in [-0.39, 0.29) is 5.92 Å². The van der Waals surface area contributed by atoms with E-state index >= 15 is 0 Å². The van der Waals surface area contributed by atoms with Gasteiger partial charge in [-0.25, -0.2) is 9.50 Å². The van der Waals surface area contributed by atoms with Crippen molar-refractivity contribution in [2.24, 2.45) is 5.92 Å². The summed E-state index contributed by atoms with van der Waals surface area (Å²) in [7, 11) is 2.18. The van der Waals surface area contributed by atoms with Crippen molar-refractivity contribution in [1.29, 1.82) is 5.26 Å². The number of benzene rings is 1. The second kappa shape index (κ2) is 9.84.